The molecule has 0 spiro atoms. The first-order valence-electron chi connectivity index (χ1n) is 20.6. The lowest BCUT2D eigenvalue weighted by Crippen LogP contribution is -2.09. The van der Waals surface area contributed by atoms with Gasteiger partial charge in [0, 0.05) is 33.4 Å². The molecule has 11 rings (SSSR count). The molecule has 1 heterocycles. The largest absolute Gasteiger partial charge is 0.311 e. The molecule has 0 aliphatic rings. The summed E-state index contributed by atoms with van der Waals surface area (Å²) in [7, 11) is 0. The van der Waals surface area contributed by atoms with Crippen molar-refractivity contribution in [2.24, 2.45) is 0 Å². The van der Waals surface area contributed by atoms with Crippen LogP contribution < -0.4 is 4.90 Å². The Labute approximate surface area is 350 Å². The Balaban J connectivity index is 0.944. The lowest BCUT2D eigenvalue weighted by atomic mass is 9.99. The molecule has 0 radical (unpaired) electrons. The van der Waals surface area contributed by atoms with E-state index in [4.69, 9.17) is 0 Å². The van der Waals surface area contributed by atoms with E-state index in [0.29, 0.717) is 0 Å². The number of aromatic nitrogens is 1. The summed E-state index contributed by atoms with van der Waals surface area (Å²) in [6.45, 7) is 0. The minimum Gasteiger partial charge on any atom is -0.311 e. The van der Waals surface area contributed by atoms with Crippen LogP contribution in [0.5, 0.6) is 0 Å². The highest BCUT2D eigenvalue weighted by molar-refractivity contribution is 6.11. The van der Waals surface area contributed by atoms with Crippen LogP contribution in [0.3, 0.4) is 0 Å². The Bertz CT molecular complexity index is 3270. The standard InChI is InChI=1S/C58H40N2/c1-3-13-41(14-4-1)43-23-25-44(26-24-43)45-29-34-51(35-30-45)59(50-17-5-2-6-18-50)52-36-31-46(32-37-52)53-19-9-11-21-56(53)60-57-22-12-10-20-54(57)55-40-49(33-38-58(55)60)48-28-27-42-15-7-8-16-47(42)39-48/h1-40H. The first-order chi connectivity index (χ1) is 29.7. The third kappa shape index (κ3) is 6.41. The quantitative estimate of drug-likeness (QED) is 0.150. The summed E-state index contributed by atoms with van der Waals surface area (Å²) in [5.74, 6) is 0. The summed E-state index contributed by atoms with van der Waals surface area (Å²) >= 11 is 0. The van der Waals surface area contributed by atoms with E-state index in [1.165, 1.54) is 71.5 Å². The molecule has 11 aromatic rings. The van der Waals surface area contributed by atoms with Gasteiger partial charge in [-0.1, -0.05) is 176 Å². The van der Waals surface area contributed by atoms with Crippen molar-refractivity contribution in [3.05, 3.63) is 243 Å². The van der Waals surface area contributed by atoms with Crippen LogP contribution in [0, 0.1) is 0 Å². The average Bonchev–Trinajstić information content (AvgIpc) is 3.66. The average molecular weight is 765 g/mol. The van der Waals surface area contributed by atoms with Crippen molar-refractivity contribution in [3.63, 3.8) is 0 Å². The molecule has 282 valence electrons. The van der Waals surface area contributed by atoms with E-state index in [2.05, 4.69) is 252 Å². The topological polar surface area (TPSA) is 8.17 Å². The van der Waals surface area contributed by atoms with Gasteiger partial charge in [-0.05, 0) is 116 Å². The zero-order valence-electron chi connectivity index (χ0n) is 33.0. The van der Waals surface area contributed by atoms with Crippen molar-refractivity contribution in [3.8, 4) is 50.2 Å². The van der Waals surface area contributed by atoms with E-state index >= 15 is 0 Å². The van der Waals surface area contributed by atoms with Gasteiger partial charge in [0.2, 0.25) is 0 Å². The predicted molar refractivity (Wildman–Crippen MR) is 255 cm³/mol. The Morgan fingerprint density at radius 2 is 0.733 bits per heavy atom. The molecular formula is C58H40N2. The fraction of sp³-hybridized carbons (Fsp3) is 0. The van der Waals surface area contributed by atoms with Crippen LogP contribution in [0.4, 0.5) is 17.1 Å². The van der Waals surface area contributed by atoms with Crippen molar-refractivity contribution in [1.29, 1.82) is 0 Å². The maximum atomic E-state index is 2.44. The highest BCUT2D eigenvalue weighted by atomic mass is 15.1. The summed E-state index contributed by atoms with van der Waals surface area (Å²) in [5.41, 5.74) is 16.5. The molecule has 0 aliphatic heterocycles. The van der Waals surface area contributed by atoms with Gasteiger partial charge in [-0.3, -0.25) is 0 Å². The van der Waals surface area contributed by atoms with Gasteiger partial charge < -0.3 is 9.47 Å². The Kier molecular flexibility index (Phi) is 8.87. The number of anilines is 3. The molecule has 0 saturated heterocycles. The Morgan fingerprint density at radius 3 is 1.45 bits per heavy atom. The molecule has 0 unspecified atom stereocenters. The molecule has 0 fully saturated rings. The monoisotopic (exact) mass is 764 g/mol. The third-order valence-corrected chi connectivity index (χ3v) is 11.8. The Hall–Kier alpha value is -7.94. The van der Waals surface area contributed by atoms with Crippen molar-refractivity contribution >= 4 is 49.6 Å². The minimum atomic E-state index is 1.10. The highest BCUT2D eigenvalue weighted by Gasteiger charge is 2.18. The zero-order chi connectivity index (χ0) is 39.8. The van der Waals surface area contributed by atoms with Gasteiger partial charge >= 0.3 is 0 Å². The van der Waals surface area contributed by atoms with E-state index in [1.807, 2.05) is 0 Å². The predicted octanol–water partition coefficient (Wildman–Crippen LogP) is 16.1. The van der Waals surface area contributed by atoms with Gasteiger partial charge in [0.05, 0.1) is 16.7 Å². The van der Waals surface area contributed by atoms with Crippen LogP contribution in [0.25, 0.3) is 82.8 Å². The van der Waals surface area contributed by atoms with Crippen LogP contribution in [0.2, 0.25) is 0 Å². The zero-order valence-corrected chi connectivity index (χ0v) is 33.0. The molecular weight excluding hydrogens is 725 g/mol. The maximum absolute atomic E-state index is 2.44. The number of hydrogen-bond donors (Lipinski definition) is 0. The number of benzene rings is 10. The van der Waals surface area contributed by atoms with Crippen LogP contribution in [0.1, 0.15) is 0 Å². The SMILES string of the molecule is c1ccc(-c2ccc(-c3ccc(N(c4ccccc4)c4ccc(-c5ccccc5-n5c6ccccc6c6cc(-c7ccc8ccccc8c7)ccc65)cc4)cc3)cc2)cc1. The van der Waals surface area contributed by atoms with Gasteiger partial charge in [-0.2, -0.15) is 0 Å². The normalized spacial score (nSPS) is 11.3. The fourth-order valence-corrected chi connectivity index (χ4v) is 8.80. The van der Waals surface area contributed by atoms with Crippen molar-refractivity contribution in [2.45, 2.75) is 0 Å². The Morgan fingerprint density at radius 1 is 0.267 bits per heavy atom. The summed E-state index contributed by atoms with van der Waals surface area (Å²) in [6.07, 6.45) is 0. The summed E-state index contributed by atoms with van der Waals surface area (Å²) < 4.78 is 2.44. The summed E-state index contributed by atoms with van der Waals surface area (Å²) in [6, 6.07) is 87.8. The second-order valence-electron chi connectivity index (χ2n) is 15.4. The lowest BCUT2D eigenvalue weighted by molar-refractivity contribution is 1.18. The molecule has 2 nitrogen and oxygen atoms in total. The molecule has 0 aliphatic carbocycles. The molecule has 0 amide bonds. The van der Waals surface area contributed by atoms with Gasteiger partial charge in [0.1, 0.15) is 0 Å². The molecule has 60 heavy (non-hydrogen) atoms. The molecule has 0 bridgehead atoms. The fourth-order valence-electron chi connectivity index (χ4n) is 8.80. The number of fused-ring (bicyclic) bond motifs is 4. The van der Waals surface area contributed by atoms with E-state index in [1.54, 1.807) is 0 Å². The van der Waals surface area contributed by atoms with Gasteiger partial charge in [0.25, 0.3) is 0 Å². The van der Waals surface area contributed by atoms with Crippen molar-refractivity contribution < 1.29 is 0 Å². The van der Waals surface area contributed by atoms with E-state index in [0.717, 1.165) is 28.3 Å². The maximum Gasteiger partial charge on any atom is 0.0541 e. The van der Waals surface area contributed by atoms with Crippen molar-refractivity contribution in [2.75, 3.05) is 4.90 Å². The number of rotatable bonds is 8. The molecule has 0 saturated carbocycles. The van der Waals surface area contributed by atoms with E-state index < -0.39 is 0 Å². The van der Waals surface area contributed by atoms with E-state index in [-0.39, 0.29) is 0 Å². The van der Waals surface area contributed by atoms with Gasteiger partial charge in [-0.15, -0.1) is 0 Å². The molecule has 2 heteroatoms. The number of hydrogen-bond acceptors (Lipinski definition) is 1. The molecule has 0 N–H and O–H groups in total. The number of nitrogens with zero attached hydrogens (tertiary/aromatic N) is 2. The van der Waals surface area contributed by atoms with Crippen LogP contribution >= 0.6 is 0 Å². The molecule has 10 aromatic carbocycles. The van der Waals surface area contributed by atoms with Crippen LogP contribution in [-0.4, -0.2) is 4.57 Å². The first-order valence-corrected chi connectivity index (χ1v) is 20.6. The van der Waals surface area contributed by atoms with Gasteiger partial charge in [-0.25, -0.2) is 0 Å². The second-order valence-corrected chi connectivity index (χ2v) is 15.4. The molecule has 1 aromatic heterocycles. The third-order valence-electron chi connectivity index (χ3n) is 11.8. The van der Waals surface area contributed by atoms with Gasteiger partial charge in [0.15, 0.2) is 0 Å². The lowest BCUT2D eigenvalue weighted by Gasteiger charge is -2.26. The second kappa shape index (κ2) is 15.1. The first kappa shape index (κ1) is 35.2. The van der Waals surface area contributed by atoms with Crippen molar-refractivity contribution in [1.82, 2.24) is 4.57 Å². The minimum absolute atomic E-state index is 1.10. The van der Waals surface area contributed by atoms with Crippen LogP contribution in [-0.2, 0) is 0 Å². The summed E-state index contributed by atoms with van der Waals surface area (Å²) in [5, 5.41) is 5.00. The molecule has 0 atom stereocenters. The number of para-hydroxylation sites is 3. The van der Waals surface area contributed by atoms with E-state index in [9.17, 15) is 0 Å². The van der Waals surface area contributed by atoms with Crippen LogP contribution in [0.15, 0.2) is 243 Å². The highest BCUT2D eigenvalue weighted by Crippen LogP contribution is 2.40. The smallest absolute Gasteiger partial charge is 0.0541 e. The summed E-state index contributed by atoms with van der Waals surface area (Å²) in [4.78, 5) is 2.33.